The highest BCUT2D eigenvalue weighted by Gasteiger charge is 2.30. The maximum Gasteiger partial charge on any atom is 0.162 e. The Morgan fingerprint density at radius 1 is 1.33 bits per heavy atom. The Balaban J connectivity index is 0.00000121. The third kappa shape index (κ3) is 2.08. The molecule has 3 N–H and O–H groups in total. The zero-order valence-electron chi connectivity index (χ0n) is 7.77. The number of hydrogen-bond donors (Lipinski definition) is 1. The van der Waals surface area contributed by atoms with Gasteiger partial charge in [0, 0.05) is 18.4 Å². The Morgan fingerprint density at radius 3 is 2.25 bits per heavy atom. The summed E-state index contributed by atoms with van der Waals surface area (Å²) in [6.45, 7) is 5.67. The first kappa shape index (κ1) is 11.2. The Labute approximate surface area is 72.4 Å². The van der Waals surface area contributed by atoms with Crippen LogP contribution in [0, 0.1) is 5.41 Å². The normalized spacial score (nSPS) is 22.1. The van der Waals surface area contributed by atoms with Crippen LogP contribution in [0.4, 0.5) is 0 Å². The van der Waals surface area contributed by atoms with Crippen molar-refractivity contribution in [2.24, 2.45) is 5.41 Å². The maximum atomic E-state index is 11.2. The van der Waals surface area contributed by atoms with Crippen LogP contribution >= 0.6 is 0 Å². The number of Topliss-reactive ketones (excluding diaryl/α,β-unsaturated/α-hetero) is 1. The van der Waals surface area contributed by atoms with Crippen LogP contribution in [-0.4, -0.2) is 16.4 Å². The fraction of sp³-hybridized carbons (Fsp3) is 0.667. The zero-order valence-corrected chi connectivity index (χ0v) is 7.77. The van der Waals surface area contributed by atoms with E-state index >= 15 is 0 Å². The molecule has 0 fully saturated rings. The lowest BCUT2D eigenvalue weighted by atomic mass is 9.77. The van der Waals surface area contributed by atoms with Gasteiger partial charge in [0.15, 0.2) is 5.78 Å². The summed E-state index contributed by atoms with van der Waals surface area (Å²) in [6.07, 6.45) is 1.19. The highest BCUT2D eigenvalue weighted by atomic mass is 16.3. The largest absolute Gasteiger partial charge is 0.512 e. The smallest absolute Gasteiger partial charge is 0.162 e. The number of aliphatic hydroxyl groups is 1. The molecule has 0 radical (unpaired) electrons. The topological polar surface area (TPSA) is 68.8 Å². The zero-order chi connectivity index (χ0) is 8.65. The van der Waals surface area contributed by atoms with Crippen LogP contribution in [0.15, 0.2) is 11.3 Å². The molecular weight excluding hydrogens is 156 g/mol. The van der Waals surface area contributed by atoms with Gasteiger partial charge in [-0.1, -0.05) is 13.8 Å². The first-order valence-electron chi connectivity index (χ1n) is 3.84. The minimum absolute atomic E-state index is 0. The number of aliphatic hydroxyl groups excluding tert-OH is 1. The molecule has 1 rings (SSSR count). The van der Waals surface area contributed by atoms with E-state index in [0.29, 0.717) is 18.4 Å². The SMILES string of the molecule is CC1=C(O)CC(C)(C)CC1=O.O. The summed E-state index contributed by atoms with van der Waals surface area (Å²) in [4.78, 5) is 11.2. The molecule has 0 aliphatic heterocycles. The van der Waals surface area contributed by atoms with Crippen molar-refractivity contribution in [3.05, 3.63) is 11.3 Å². The molecule has 0 spiro atoms. The minimum atomic E-state index is -0.0549. The first-order chi connectivity index (χ1) is 4.92. The van der Waals surface area contributed by atoms with Crippen molar-refractivity contribution in [1.29, 1.82) is 0 Å². The van der Waals surface area contributed by atoms with Crippen molar-refractivity contribution in [3.63, 3.8) is 0 Å². The van der Waals surface area contributed by atoms with Gasteiger partial charge < -0.3 is 10.6 Å². The van der Waals surface area contributed by atoms with Gasteiger partial charge in [0.25, 0.3) is 0 Å². The monoisotopic (exact) mass is 172 g/mol. The third-order valence-electron chi connectivity index (χ3n) is 2.14. The quantitative estimate of drug-likeness (QED) is 0.599. The van der Waals surface area contributed by atoms with E-state index in [4.69, 9.17) is 0 Å². The van der Waals surface area contributed by atoms with Gasteiger partial charge in [-0.05, 0) is 12.3 Å². The van der Waals surface area contributed by atoms with Crippen LogP contribution < -0.4 is 0 Å². The second kappa shape index (κ2) is 3.27. The van der Waals surface area contributed by atoms with E-state index in [1.807, 2.05) is 13.8 Å². The molecule has 0 heterocycles. The Morgan fingerprint density at radius 2 is 1.83 bits per heavy atom. The fourth-order valence-corrected chi connectivity index (χ4v) is 1.38. The van der Waals surface area contributed by atoms with Gasteiger partial charge in [0.2, 0.25) is 0 Å². The molecule has 1 aliphatic rings. The van der Waals surface area contributed by atoms with E-state index < -0.39 is 0 Å². The number of ketones is 1. The molecule has 70 valence electrons. The molecule has 0 saturated carbocycles. The fourth-order valence-electron chi connectivity index (χ4n) is 1.38. The van der Waals surface area contributed by atoms with Gasteiger partial charge in [-0.25, -0.2) is 0 Å². The predicted octanol–water partition coefficient (Wildman–Crippen LogP) is 1.38. The number of allylic oxidation sites excluding steroid dienone is 2. The molecule has 0 atom stereocenters. The van der Waals surface area contributed by atoms with Crippen molar-refractivity contribution in [2.45, 2.75) is 33.6 Å². The summed E-state index contributed by atoms with van der Waals surface area (Å²) >= 11 is 0. The first-order valence-corrected chi connectivity index (χ1v) is 3.84. The standard InChI is InChI=1S/C9H14O2.H2O/c1-6-7(10)4-9(2,3)5-8(6)11;/h10H,4-5H2,1-3H3;1H2. The Bertz CT molecular complexity index is 226. The van der Waals surface area contributed by atoms with Crippen LogP contribution in [0.25, 0.3) is 0 Å². The van der Waals surface area contributed by atoms with Gasteiger partial charge >= 0.3 is 0 Å². The molecule has 0 aromatic rings. The van der Waals surface area contributed by atoms with Crippen LogP contribution in [-0.2, 0) is 4.79 Å². The summed E-state index contributed by atoms with van der Waals surface area (Å²) < 4.78 is 0. The van der Waals surface area contributed by atoms with Crippen molar-refractivity contribution in [3.8, 4) is 0 Å². The van der Waals surface area contributed by atoms with E-state index in [-0.39, 0.29) is 22.4 Å². The molecule has 0 aromatic heterocycles. The molecular formula is C9H16O3. The van der Waals surface area contributed by atoms with Gasteiger partial charge in [0.05, 0.1) is 5.76 Å². The second-order valence-corrected chi connectivity index (χ2v) is 4.01. The molecule has 0 saturated heterocycles. The average Bonchev–Trinajstić information content (AvgIpc) is 1.81. The van der Waals surface area contributed by atoms with Gasteiger partial charge in [-0.3, -0.25) is 4.79 Å². The van der Waals surface area contributed by atoms with E-state index in [2.05, 4.69) is 0 Å². The summed E-state index contributed by atoms with van der Waals surface area (Å²) in [5.41, 5.74) is 0.491. The summed E-state index contributed by atoms with van der Waals surface area (Å²) in [5.74, 6) is 0.352. The van der Waals surface area contributed by atoms with Crippen molar-refractivity contribution < 1.29 is 15.4 Å². The van der Waals surface area contributed by atoms with E-state index in [0.717, 1.165) is 0 Å². The molecule has 0 unspecified atom stereocenters. The number of hydrogen-bond acceptors (Lipinski definition) is 2. The van der Waals surface area contributed by atoms with Gasteiger partial charge in [-0.2, -0.15) is 0 Å². The Hall–Kier alpha value is -0.830. The Kier molecular flexibility index (Phi) is 3.04. The highest BCUT2D eigenvalue weighted by Crippen LogP contribution is 2.35. The van der Waals surface area contributed by atoms with Crippen molar-refractivity contribution in [2.75, 3.05) is 0 Å². The summed E-state index contributed by atoms with van der Waals surface area (Å²) in [6, 6.07) is 0. The molecule has 0 aromatic carbocycles. The van der Waals surface area contributed by atoms with E-state index in [1.54, 1.807) is 6.92 Å². The van der Waals surface area contributed by atoms with Crippen LogP contribution in [0.1, 0.15) is 33.6 Å². The molecule has 3 nitrogen and oxygen atoms in total. The maximum absolute atomic E-state index is 11.2. The second-order valence-electron chi connectivity index (χ2n) is 4.01. The van der Waals surface area contributed by atoms with Gasteiger partial charge in [-0.15, -0.1) is 0 Å². The lowest BCUT2D eigenvalue weighted by Gasteiger charge is -2.28. The number of rotatable bonds is 0. The van der Waals surface area contributed by atoms with Crippen LogP contribution in [0.5, 0.6) is 0 Å². The minimum Gasteiger partial charge on any atom is -0.512 e. The van der Waals surface area contributed by atoms with E-state index in [9.17, 15) is 9.90 Å². The molecule has 3 heteroatoms. The molecule has 12 heavy (non-hydrogen) atoms. The van der Waals surface area contributed by atoms with Crippen molar-refractivity contribution >= 4 is 5.78 Å². The lowest BCUT2D eigenvalue weighted by Crippen LogP contribution is -2.24. The van der Waals surface area contributed by atoms with Crippen LogP contribution in [0.2, 0.25) is 0 Å². The average molecular weight is 172 g/mol. The summed E-state index contributed by atoms with van der Waals surface area (Å²) in [5, 5.41) is 9.34. The van der Waals surface area contributed by atoms with Crippen molar-refractivity contribution in [1.82, 2.24) is 0 Å². The number of carbonyl (C=O) groups is 1. The number of carbonyl (C=O) groups excluding carboxylic acids is 1. The van der Waals surface area contributed by atoms with Crippen LogP contribution in [0.3, 0.4) is 0 Å². The highest BCUT2D eigenvalue weighted by molar-refractivity contribution is 5.96. The van der Waals surface area contributed by atoms with Gasteiger partial charge in [0.1, 0.15) is 0 Å². The molecule has 1 aliphatic carbocycles. The predicted molar refractivity (Wildman–Crippen MR) is 47.0 cm³/mol. The molecule has 0 amide bonds. The van der Waals surface area contributed by atoms with E-state index in [1.165, 1.54) is 0 Å². The third-order valence-corrected chi connectivity index (χ3v) is 2.14. The summed E-state index contributed by atoms with van der Waals surface area (Å²) in [7, 11) is 0. The lowest BCUT2D eigenvalue weighted by molar-refractivity contribution is -0.118. The molecule has 0 bridgehead atoms.